The first-order valence-corrected chi connectivity index (χ1v) is 11.1. The molecule has 0 bridgehead atoms. The van der Waals surface area contributed by atoms with Crippen LogP contribution < -0.4 is 4.72 Å². The maximum absolute atomic E-state index is 13.4. The highest BCUT2D eigenvalue weighted by atomic mass is 32.2. The molecule has 0 atom stereocenters. The molecule has 28 heavy (non-hydrogen) atoms. The molecule has 0 aliphatic carbocycles. The number of para-hydroxylation sites is 1. The Bertz CT molecular complexity index is 1010. The summed E-state index contributed by atoms with van der Waals surface area (Å²) in [6.45, 7) is 10.7. The van der Waals surface area contributed by atoms with E-state index in [2.05, 4.69) is 4.72 Å². The van der Waals surface area contributed by atoms with Crippen molar-refractivity contribution in [1.82, 2.24) is 4.90 Å². The molecule has 1 N–H and O–H groups in total. The zero-order valence-corrected chi connectivity index (χ0v) is 18.0. The molecule has 2 aromatic rings. The Morgan fingerprint density at radius 3 is 2.07 bits per heavy atom. The highest BCUT2D eigenvalue weighted by Crippen LogP contribution is 2.31. The SMILES string of the molecule is Cc1cc(C)c(C)c(S(=O)(=O)Nc2c(C)cccc2C(=O)N2CCCC2)c1C. The number of carbonyl (C=O) groups excluding carboxylic acids is 1. The lowest BCUT2D eigenvalue weighted by Gasteiger charge is -2.21. The van der Waals surface area contributed by atoms with E-state index < -0.39 is 10.0 Å². The van der Waals surface area contributed by atoms with Crippen LogP contribution in [0.3, 0.4) is 0 Å². The average molecular weight is 401 g/mol. The fraction of sp³-hybridized carbons (Fsp3) is 0.409. The predicted molar refractivity (Wildman–Crippen MR) is 113 cm³/mol. The van der Waals surface area contributed by atoms with E-state index in [0.29, 0.717) is 29.2 Å². The number of hydrogen-bond donors (Lipinski definition) is 1. The number of sulfonamides is 1. The van der Waals surface area contributed by atoms with Crippen molar-refractivity contribution < 1.29 is 13.2 Å². The number of rotatable bonds is 4. The Kier molecular flexibility index (Phi) is 5.53. The Morgan fingerprint density at radius 1 is 0.929 bits per heavy atom. The van der Waals surface area contributed by atoms with Gasteiger partial charge >= 0.3 is 0 Å². The fourth-order valence-electron chi connectivity index (χ4n) is 3.84. The van der Waals surface area contributed by atoms with Gasteiger partial charge < -0.3 is 4.90 Å². The van der Waals surface area contributed by atoms with Gasteiger partial charge in [0.2, 0.25) is 0 Å². The quantitative estimate of drug-likeness (QED) is 0.834. The molecule has 0 unspecified atom stereocenters. The molecule has 1 saturated heterocycles. The van der Waals surface area contributed by atoms with Gasteiger partial charge in [-0.15, -0.1) is 0 Å². The number of aryl methyl sites for hydroxylation is 3. The van der Waals surface area contributed by atoms with Crippen molar-refractivity contribution in [3.05, 3.63) is 57.6 Å². The summed E-state index contributed by atoms with van der Waals surface area (Å²) in [6.07, 6.45) is 1.97. The molecule has 1 aliphatic rings. The molecule has 1 aliphatic heterocycles. The molecule has 1 amide bonds. The summed E-state index contributed by atoms with van der Waals surface area (Å²) in [5, 5.41) is 0. The van der Waals surface area contributed by atoms with Crippen LogP contribution in [0.2, 0.25) is 0 Å². The number of benzene rings is 2. The molecule has 2 aromatic carbocycles. The van der Waals surface area contributed by atoms with Crippen LogP contribution in [0.5, 0.6) is 0 Å². The van der Waals surface area contributed by atoms with Crippen molar-refractivity contribution >= 4 is 21.6 Å². The van der Waals surface area contributed by atoms with Gasteiger partial charge in [0.15, 0.2) is 0 Å². The number of anilines is 1. The summed E-state index contributed by atoms with van der Waals surface area (Å²) in [5.74, 6) is -0.118. The van der Waals surface area contributed by atoms with Gasteiger partial charge in [-0.3, -0.25) is 9.52 Å². The Hall–Kier alpha value is -2.34. The molecular formula is C22H28N2O3S. The van der Waals surface area contributed by atoms with Crippen LogP contribution in [-0.4, -0.2) is 32.3 Å². The monoisotopic (exact) mass is 400 g/mol. The fourth-order valence-corrected chi connectivity index (χ4v) is 5.61. The number of nitrogens with zero attached hydrogens (tertiary/aromatic N) is 1. The molecular weight excluding hydrogens is 372 g/mol. The first kappa shape index (κ1) is 20.4. The normalized spacial score (nSPS) is 14.4. The minimum absolute atomic E-state index is 0.118. The highest BCUT2D eigenvalue weighted by Gasteiger charge is 2.27. The van der Waals surface area contributed by atoms with E-state index in [0.717, 1.165) is 40.7 Å². The largest absolute Gasteiger partial charge is 0.339 e. The molecule has 0 saturated carbocycles. The molecule has 5 nitrogen and oxygen atoms in total. The van der Waals surface area contributed by atoms with Gasteiger partial charge in [-0.25, -0.2) is 8.42 Å². The Labute approximate surface area is 167 Å². The minimum atomic E-state index is -3.84. The summed E-state index contributed by atoms with van der Waals surface area (Å²) in [5.41, 5.74) is 4.84. The number of nitrogens with one attached hydrogen (secondary N) is 1. The second kappa shape index (κ2) is 7.59. The van der Waals surface area contributed by atoms with Gasteiger partial charge in [-0.2, -0.15) is 0 Å². The molecule has 0 spiro atoms. The third-order valence-corrected chi connectivity index (χ3v) is 7.32. The predicted octanol–water partition coefficient (Wildman–Crippen LogP) is 4.27. The van der Waals surface area contributed by atoms with Crippen molar-refractivity contribution in [2.24, 2.45) is 0 Å². The standard InChI is InChI=1S/C22H28N2O3S/c1-14-9-8-10-19(22(25)24-11-6-7-12-24)20(14)23-28(26,27)21-17(4)15(2)13-16(3)18(21)5/h8-10,13,23H,6-7,11-12H2,1-5H3. The van der Waals surface area contributed by atoms with Crippen LogP contribution in [0.15, 0.2) is 29.2 Å². The third-order valence-electron chi connectivity index (χ3n) is 5.70. The van der Waals surface area contributed by atoms with Crippen LogP contribution in [0, 0.1) is 34.6 Å². The first-order valence-electron chi connectivity index (χ1n) is 9.62. The van der Waals surface area contributed by atoms with E-state index in [9.17, 15) is 13.2 Å². The maximum atomic E-state index is 13.4. The lowest BCUT2D eigenvalue weighted by Crippen LogP contribution is -2.29. The van der Waals surface area contributed by atoms with Gasteiger partial charge in [-0.05, 0) is 81.3 Å². The van der Waals surface area contributed by atoms with E-state index in [4.69, 9.17) is 0 Å². The van der Waals surface area contributed by atoms with E-state index in [1.165, 1.54) is 0 Å². The zero-order chi connectivity index (χ0) is 20.6. The highest BCUT2D eigenvalue weighted by molar-refractivity contribution is 7.92. The van der Waals surface area contributed by atoms with Crippen LogP contribution in [0.1, 0.15) is 51.0 Å². The maximum Gasteiger partial charge on any atom is 0.262 e. The first-order chi connectivity index (χ1) is 13.1. The second-order valence-electron chi connectivity index (χ2n) is 7.69. The zero-order valence-electron chi connectivity index (χ0n) is 17.2. The third kappa shape index (κ3) is 3.65. The minimum Gasteiger partial charge on any atom is -0.339 e. The Morgan fingerprint density at radius 2 is 1.50 bits per heavy atom. The number of carbonyl (C=O) groups is 1. The molecule has 150 valence electrons. The molecule has 6 heteroatoms. The van der Waals surface area contributed by atoms with Crippen molar-refractivity contribution in [1.29, 1.82) is 0 Å². The number of likely N-dealkylation sites (tertiary alicyclic amines) is 1. The Balaban J connectivity index is 2.08. The summed E-state index contributed by atoms with van der Waals surface area (Å²) in [7, 11) is -3.84. The number of hydrogen-bond acceptors (Lipinski definition) is 3. The van der Waals surface area contributed by atoms with Crippen molar-refractivity contribution in [2.45, 2.75) is 52.4 Å². The van der Waals surface area contributed by atoms with Crippen LogP contribution >= 0.6 is 0 Å². The van der Waals surface area contributed by atoms with Gasteiger partial charge in [0.1, 0.15) is 0 Å². The molecule has 1 heterocycles. The molecule has 3 rings (SSSR count). The summed E-state index contributed by atoms with van der Waals surface area (Å²) in [4.78, 5) is 15.1. The summed E-state index contributed by atoms with van der Waals surface area (Å²) < 4.78 is 29.5. The van der Waals surface area contributed by atoms with E-state index in [1.54, 1.807) is 17.0 Å². The lowest BCUT2D eigenvalue weighted by atomic mass is 10.0. The van der Waals surface area contributed by atoms with Gasteiger partial charge in [0, 0.05) is 13.1 Å². The van der Waals surface area contributed by atoms with Gasteiger partial charge in [0.25, 0.3) is 15.9 Å². The molecule has 1 fully saturated rings. The topological polar surface area (TPSA) is 66.5 Å². The average Bonchev–Trinajstić information content (AvgIpc) is 3.16. The van der Waals surface area contributed by atoms with E-state index in [-0.39, 0.29) is 5.91 Å². The van der Waals surface area contributed by atoms with Crippen LogP contribution in [-0.2, 0) is 10.0 Å². The second-order valence-corrected chi connectivity index (χ2v) is 9.31. The van der Waals surface area contributed by atoms with E-state index >= 15 is 0 Å². The van der Waals surface area contributed by atoms with Crippen molar-refractivity contribution in [2.75, 3.05) is 17.8 Å². The van der Waals surface area contributed by atoms with Crippen LogP contribution in [0.25, 0.3) is 0 Å². The summed E-state index contributed by atoms with van der Waals surface area (Å²) in [6, 6.07) is 7.32. The lowest BCUT2D eigenvalue weighted by molar-refractivity contribution is 0.0794. The molecule has 0 radical (unpaired) electrons. The van der Waals surface area contributed by atoms with Crippen LogP contribution in [0.4, 0.5) is 5.69 Å². The van der Waals surface area contributed by atoms with Crippen molar-refractivity contribution in [3.63, 3.8) is 0 Å². The van der Waals surface area contributed by atoms with Gasteiger partial charge in [0.05, 0.1) is 16.1 Å². The molecule has 0 aromatic heterocycles. The van der Waals surface area contributed by atoms with Gasteiger partial charge in [-0.1, -0.05) is 18.2 Å². The van der Waals surface area contributed by atoms with Crippen molar-refractivity contribution in [3.8, 4) is 0 Å². The number of amides is 1. The summed E-state index contributed by atoms with van der Waals surface area (Å²) >= 11 is 0. The van der Waals surface area contributed by atoms with E-state index in [1.807, 2.05) is 46.8 Å². The smallest absolute Gasteiger partial charge is 0.262 e.